The molecule has 118 valence electrons. The van der Waals surface area contributed by atoms with Crippen LogP contribution in [0.15, 0.2) is 42.6 Å². The van der Waals surface area contributed by atoms with Crippen LogP contribution in [0.1, 0.15) is 24.9 Å². The molecule has 0 saturated carbocycles. The average molecular weight is 306 g/mol. The quantitative estimate of drug-likeness (QED) is 0.740. The zero-order valence-corrected chi connectivity index (χ0v) is 13.7. The van der Waals surface area contributed by atoms with E-state index in [1.165, 1.54) is 11.1 Å². The van der Waals surface area contributed by atoms with Crippen molar-refractivity contribution in [2.45, 2.75) is 26.3 Å². The SMILES string of the molecule is CCN1CCC(n2c(-c3cccc(C)c3)nc3cccnc32)C1. The van der Waals surface area contributed by atoms with Crippen molar-refractivity contribution in [3.63, 3.8) is 0 Å². The lowest BCUT2D eigenvalue weighted by Gasteiger charge is -2.17. The maximum Gasteiger partial charge on any atom is 0.160 e. The van der Waals surface area contributed by atoms with E-state index >= 15 is 0 Å². The number of likely N-dealkylation sites (N-methyl/N-ethyl adjacent to an activating group) is 1. The molecule has 3 heterocycles. The number of aromatic nitrogens is 3. The molecule has 3 aromatic rings. The van der Waals surface area contributed by atoms with Gasteiger partial charge in [-0.2, -0.15) is 0 Å². The number of rotatable bonds is 3. The Morgan fingerprint density at radius 3 is 2.91 bits per heavy atom. The summed E-state index contributed by atoms with van der Waals surface area (Å²) in [6, 6.07) is 13.1. The normalized spacial score (nSPS) is 18.8. The molecule has 4 heteroatoms. The van der Waals surface area contributed by atoms with Gasteiger partial charge in [-0.25, -0.2) is 9.97 Å². The van der Waals surface area contributed by atoms with Gasteiger partial charge in [-0.1, -0.05) is 30.7 Å². The Balaban J connectivity index is 1.88. The number of hydrogen-bond acceptors (Lipinski definition) is 3. The van der Waals surface area contributed by atoms with Crippen LogP contribution in [0.25, 0.3) is 22.6 Å². The fourth-order valence-electron chi connectivity index (χ4n) is 3.57. The van der Waals surface area contributed by atoms with Crippen LogP contribution in [0, 0.1) is 6.92 Å². The molecule has 1 unspecified atom stereocenters. The molecule has 2 aromatic heterocycles. The number of pyridine rings is 1. The molecule has 23 heavy (non-hydrogen) atoms. The third-order valence-electron chi connectivity index (χ3n) is 4.78. The molecule has 0 amide bonds. The Morgan fingerprint density at radius 1 is 1.22 bits per heavy atom. The summed E-state index contributed by atoms with van der Waals surface area (Å²) in [5.74, 6) is 1.05. The first kappa shape index (κ1) is 14.4. The molecule has 1 aromatic carbocycles. The summed E-state index contributed by atoms with van der Waals surface area (Å²) in [5, 5.41) is 0. The number of hydrogen-bond donors (Lipinski definition) is 0. The maximum atomic E-state index is 4.90. The van der Waals surface area contributed by atoms with Gasteiger partial charge in [0.1, 0.15) is 11.3 Å². The van der Waals surface area contributed by atoms with E-state index in [0.29, 0.717) is 6.04 Å². The lowest BCUT2D eigenvalue weighted by atomic mass is 10.1. The first-order valence-electron chi connectivity index (χ1n) is 8.38. The smallest absolute Gasteiger partial charge is 0.160 e. The van der Waals surface area contributed by atoms with Crippen LogP contribution in [0.3, 0.4) is 0 Å². The molecule has 1 aliphatic heterocycles. The van der Waals surface area contributed by atoms with Crippen LogP contribution >= 0.6 is 0 Å². The van der Waals surface area contributed by atoms with Gasteiger partial charge in [0.15, 0.2) is 5.65 Å². The van der Waals surface area contributed by atoms with Crippen LogP contribution in [-0.2, 0) is 0 Å². The molecule has 1 aliphatic rings. The van der Waals surface area contributed by atoms with Crippen molar-refractivity contribution < 1.29 is 0 Å². The lowest BCUT2D eigenvalue weighted by molar-refractivity contribution is 0.343. The van der Waals surface area contributed by atoms with Gasteiger partial charge >= 0.3 is 0 Å². The van der Waals surface area contributed by atoms with Gasteiger partial charge in [0.05, 0.1) is 6.04 Å². The summed E-state index contributed by atoms with van der Waals surface area (Å²) in [6.45, 7) is 7.70. The van der Waals surface area contributed by atoms with Crippen molar-refractivity contribution in [2.75, 3.05) is 19.6 Å². The monoisotopic (exact) mass is 306 g/mol. The molecule has 1 saturated heterocycles. The highest BCUT2D eigenvalue weighted by Gasteiger charge is 2.27. The van der Waals surface area contributed by atoms with Crippen molar-refractivity contribution in [3.8, 4) is 11.4 Å². The van der Waals surface area contributed by atoms with Gasteiger partial charge in [-0.3, -0.25) is 0 Å². The highest BCUT2D eigenvalue weighted by molar-refractivity contribution is 5.77. The topological polar surface area (TPSA) is 34.0 Å². The van der Waals surface area contributed by atoms with E-state index in [2.05, 4.69) is 58.6 Å². The van der Waals surface area contributed by atoms with Crippen molar-refractivity contribution in [1.82, 2.24) is 19.4 Å². The summed E-state index contributed by atoms with van der Waals surface area (Å²) in [7, 11) is 0. The Hall–Kier alpha value is -2.20. The van der Waals surface area contributed by atoms with E-state index in [9.17, 15) is 0 Å². The van der Waals surface area contributed by atoms with E-state index < -0.39 is 0 Å². The largest absolute Gasteiger partial charge is 0.304 e. The summed E-state index contributed by atoms with van der Waals surface area (Å²) >= 11 is 0. The van der Waals surface area contributed by atoms with Gasteiger partial charge in [0, 0.05) is 24.8 Å². The van der Waals surface area contributed by atoms with E-state index in [0.717, 1.165) is 43.0 Å². The molecule has 1 atom stereocenters. The maximum absolute atomic E-state index is 4.90. The lowest BCUT2D eigenvalue weighted by Crippen LogP contribution is -2.21. The van der Waals surface area contributed by atoms with Gasteiger partial charge in [0.2, 0.25) is 0 Å². The summed E-state index contributed by atoms with van der Waals surface area (Å²) in [4.78, 5) is 12.0. The standard InChI is InChI=1S/C19H22N4/c1-3-22-11-9-16(13-22)23-18(15-7-4-6-14(2)12-15)21-17-8-5-10-20-19(17)23/h4-8,10,12,16H,3,9,11,13H2,1-2H3. The van der Waals surface area contributed by atoms with Crippen LogP contribution in [0.2, 0.25) is 0 Å². The van der Waals surface area contributed by atoms with Crippen LogP contribution in [0.4, 0.5) is 0 Å². The van der Waals surface area contributed by atoms with Gasteiger partial charge in [0.25, 0.3) is 0 Å². The highest BCUT2D eigenvalue weighted by atomic mass is 15.2. The fourth-order valence-corrected chi connectivity index (χ4v) is 3.57. The van der Waals surface area contributed by atoms with Gasteiger partial charge in [-0.05, 0) is 38.1 Å². The van der Waals surface area contributed by atoms with Crippen molar-refractivity contribution >= 4 is 11.2 Å². The first-order valence-corrected chi connectivity index (χ1v) is 8.38. The fraction of sp³-hybridized carbons (Fsp3) is 0.368. The molecule has 0 spiro atoms. The molecule has 0 N–H and O–H groups in total. The van der Waals surface area contributed by atoms with Crippen LogP contribution in [0.5, 0.6) is 0 Å². The summed E-state index contributed by atoms with van der Waals surface area (Å²) in [5.41, 5.74) is 4.43. The van der Waals surface area contributed by atoms with E-state index in [1.807, 2.05) is 12.3 Å². The van der Waals surface area contributed by atoms with Gasteiger partial charge in [-0.15, -0.1) is 0 Å². The minimum absolute atomic E-state index is 0.449. The van der Waals surface area contributed by atoms with Crippen LogP contribution < -0.4 is 0 Å². The summed E-state index contributed by atoms with van der Waals surface area (Å²) in [6.07, 6.45) is 3.03. The molecule has 0 radical (unpaired) electrons. The third kappa shape index (κ3) is 2.53. The van der Waals surface area contributed by atoms with E-state index in [-0.39, 0.29) is 0 Å². The molecule has 4 nitrogen and oxygen atoms in total. The predicted octanol–water partition coefficient (Wildman–Crippen LogP) is 3.67. The number of aryl methyl sites for hydroxylation is 1. The van der Waals surface area contributed by atoms with E-state index in [4.69, 9.17) is 4.98 Å². The minimum Gasteiger partial charge on any atom is -0.304 e. The molecular weight excluding hydrogens is 284 g/mol. The zero-order chi connectivity index (χ0) is 15.8. The number of benzene rings is 1. The molecule has 4 rings (SSSR count). The number of fused-ring (bicyclic) bond motifs is 1. The van der Waals surface area contributed by atoms with Crippen LogP contribution in [-0.4, -0.2) is 39.1 Å². The molecule has 1 fully saturated rings. The second-order valence-corrected chi connectivity index (χ2v) is 6.36. The van der Waals surface area contributed by atoms with Crippen molar-refractivity contribution in [3.05, 3.63) is 48.2 Å². The second kappa shape index (κ2) is 5.78. The first-order chi connectivity index (χ1) is 11.3. The average Bonchev–Trinajstić information content (AvgIpc) is 3.18. The number of imidazole rings is 1. The second-order valence-electron chi connectivity index (χ2n) is 6.36. The van der Waals surface area contributed by atoms with Gasteiger partial charge < -0.3 is 9.47 Å². The Bertz CT molecular complexity index is 836. The molecular formula is C19H22N4. The zero-order valence-electron chi connectivity index (χ0n) is 13.7. The predicted molar refractivity (Wildman–Crippen MR) is 93.5 cm³/mol. The highest BCUT2D eigenvalue weighted by Crippen LogP contribution is 2.32. The number of nitrogens with zero attached hydrogens (tertiary/aromatic N) is 4. The van der Waals surface area contributed by atoms with E-state index in [1.54, 1.807) is 0 Å². The Kier molecular flexibility index (Phi) is 3.62. The molecule has 0 aliphatic carbocycles. The minimum atomic E-state index is 0.449. The molecule has 0 bridgehead atoms. The van der Waals surface area contributed by atoms with Crippen molar-refractivity contribution in [1.29, 1.82) is 0 Å². The number of likely N-dealkylation sites (tertiary alicyclic amines) is 1. The Morgan fingerprint density at radius 2 is 2.13 bits per heavy atom. The third-order valence-corrected chi connectivity index (χ3v) is 4.78. The summed E-state index contributed by atoms with van der Waals surface area (Å²) < 4.78 is 2.36. The Labute approximate surface area is 136 Å². The van der Waals surface area contributed by atoms with Crippen molar-refractivity contribution in [2.24, 2.45) is 0 Å².